The molecule has 1 fully saturated rings. The molecule has 0 bridgehead atoms. The van der Waals surface area contributed by atoms with Gasteiger partial charge in [0.25, 0.3) is 5.91 Å². The number of rotatable bonds is 9. The molecule has 0 radical (unpaired) electrons. The predicted octanol–water partition coefficient (Wildman–Crippen LogP) is 2.53. The van der Waals surface area contributed by atoms with Crippen LogP contribution in [0.15, 0.2) is 52.0 Å². The number of aryl methyl sites for hydroxylation is 1. The van der Waals surface area contributed by atoms with E-state index in [1.54, 1.807) is 18.2 Å². The lowest BCUT2D eigenvalue weighted by atomic mass is 10.0. The average Bonchev–Trinajstić information content (AvgIpc) is 3.34. The first-order valence-corrected chi connectivity index (χ1v) is 11.5. The Balaban J connectivity index is 1.62. The molecule has 0 unspecified atom stereocenters. The molecule has 3 heterocycles. The lowest BCUT2D eigenvalue weighted by Crippen LogP contribution is -2.37. The number of halogens is 1. The number of nitrogens with zero attached hydrogens (tertiary/aromatic N) is 3. The zero-order chi connectivity index (χ0) is 23.9. The second kappa shape index (κ2) is 11.2. The molecular formula is C25H29FN4O4. The molecule has 180 valence electrons. The zero-order valence-corrected chi connectivity index (χ0v) is 19.3. The van der Waals surface area contributed by atoms with Gasteiger partial charge in [0.05, 0.1) is 19.8 Å². The van der Waals surface area contributed by atoms with Crippen LogP contribution in [0.25, 0.3) is 0 Å². The molecule has 0 saturated carbocycles. The molecule has 0 atom stereocenters. The van der Waals surface area contributed by atoms with Crippen molar-refractivity contribution in [1.82, 2.24) is 19.9 Å². The number of morpholine rings is 1. The third-order valence-corrected chi connectivity index (χ3v) is 6.00. The van der Waals surface area contributed by atoms with Gasteiger partial charge < -0.3 is 19.1 Å². The van der Waals surface area contributed by atoms with Crippen LogP contribution in [0.2, 0.25) is 0 Å². The van der Waals surface area contributed by atoms with Crippen molar-refractivity contribution in [2.45, 2.75) is 32.9 Å². The number of hydrogen-bond donors (Lipinski definition) is 1. The second-order valence-corrected chi connectivity index (χ2v) is 8.41. The van der Waals surface area contributed by atoms with E-state index in [1.807, 2.05) is 11.5 Å². The molecular weight excluding hydrogens is 439 g/mol. The summed E-state index contributed by atoms with van der Waals surface area (Å²) in [5, 5.41) is 6.56. The van der Waals surface area contributed by atoms with Crippen LogP contribution in [0, 0.1) is 12.7 Å². The highest BCUT2D eigenvalue weighted by Gasteiger charge is 2.21. The van der Waals surface area contributed by atoms with Crippen molar-refractivity contribution in [3.8, 4) is 0 Å². The SMILES string of the molecule is Cc1cc(=O)c(C(=O)NCc2ccon2)c(Cc2cccc(F)c2)n1CCCN1CCOCC1. The molecule has 1 N–H and O–H groups in total. The highest BCUT2D eigenvalue weighted by atomic mass is 19.1. The van der Waals surface area contributed by atoms with Gasteiger partial charge in [-0.15, -0.1) is 0 Å². The Morgan fingerprint density at radius 1 is 1.18 bits per heavy atom. The molecule has 1 saturated heterocycles. The van der Waals surface area contributed by atoms with Gasteiger partial charge in [-0.3, -0.25) is 14.5 Å². The first-order chi connectivity index (χ1) is 16.5. The standard InChI is InChI=1S/C25H29FN4O4/c1-18-14-23(31)24(25(32)27-17-21-6-11-34-28-21)22(16-19-4-2-5-20(26)15-19)30(18)8-3-7-29-9-12-33-13-10-29/h2,4-6,11,14-15H,3,7-10,12-13,16-17H2,1H3,(H,27,32). The minimum absolute atomic E-state index is 0.0738. The van der Waals surface area contributed by atoms with Crippen LogP contribution in [-0.2, 0) is 24.2 Å². The van der Waals surface area contributed by atoms with Crippen LogP contribution in [0.5, 0.6) is 0 Å². The van der Waals surface area contributed by atoms with Crippen LogP contribution in [0.3, 0.4) is 0 Å². The minimum atomic E-state index is -0.485. The summed E-state index contributed by atoms with van der Waals surface area (Å²) in [7, 11) is 0. The third kappa shape index (κ3) is 5.98. The zero-order valence-electron chi connectivity index (χ0n) is 19.3. The van der Waals surface area contributed by atoms with Crippen molar-refractivity contribution < 1.29 is 18.4 Å². The van der Waals surface area contributed by atoms with E-state index in [0.29, 0.717) is 23.5 Å². The Hall–Kier alpha value is -3.30. The van der Waals surface area contributed by atoms with E-state index in [1.165, 1.54) is 24.5 Å². The molecule has 0 spiro atoms. The van der Waals surface area contributed by atoms with Crippen LogP contribution in [0.4, 0.5) is 4.39 Å². The van der Waals surface area contributed by atoms with Gasteiger partial charge in [0, 0.05) is 56.1 Å². The number of carbonyl (C=O) groups is 1. The van der Waals surface area contributed by atoms with Gasteiger partial charge in [0.1, 0.15) is 23.3 Å². The highest BCUT2D eigenvalue weighted by molar-refractivity contribution is 5.95. The number of aromatic nitrogens is 2. The maximum absolute atomic E-state index is 13.9. The quantitative estimate of drug-likeness (QED) is 0.519. The Labute approximate surface area is 197 Å². The summed E-state index contributed by atoms with van der Waals surface area (Å²) < 4.78 is 26.1. The van der Waals surface area contributed by atoms with E-state index in [-0.39, 0.29) is 29.8 Å². The summed E-state index contributed by atoms with van der Waals surface area (Å²) in [6.45, 7) is 6.79. The third-order valence-electron chi connectivity index (χ3n) is 6.00. The number of hydrogen-bond acceptors (Lipinski definition) is 6. The summed E-state index contributed by atoms with van der Waals surface area (Å²) in [5.74, 6) is -0.843. The van der Waals surface area contributed by atoms with E-state index >= 15 is 0 Å². The summed E-state index contributed by atoms with van der Waals surface area (Å²) in [6, 6.07) is 9.38. The molecule has 9 heteroatoms. The Morgan fingerprint density at radius 2 is 2.00 bits per heavy atom. The average molecular weight is 469 g/mol. The molecule has 0 aliphatic carbocycles. The van der Waals surface area contributed by atoms with E-state index in [2.05, 4.69) is 15.4 Å². The van der Waals surface area contributed by atoms with E-state index in [4.69, 9.17) is 9.26 Å². The van der Waals surface area contributed by atoms with Crippen molar-refractivity contribution in [2.75, 3.05) is 32.8 Å². The number of pyridine rings is 1. The maximum atomic E-state index is 13.9. The number of carbonyl (C=O) groups excluding carboxylic acids is 1. The Bertz CT molecular complexity index is 1170. The van der Waals surface area contributed by atoms with Gasteiger partial charge in [-0.1, -0.05) is 17.3 Å². The monoisotopic (exact) mass is 468 g/mol. The van der Waals surface area contributed by atoms with Crippen molar-refractivity contribution in [3.63, 3.8) is 0 Å². The van der Waals surface area contributed by atoms with Gasteiger partial charge in [-0.25, -0.2) is 4.39 Å². The fraction of sp³-hybridized carbons (Fsp3) is 0.400. The normalized spacial score (nSPS) is 14.3. The fourth-order valence-corrected chi connectivity index (χ4v) is 4.27. The largest absolute Gasteiger partial charge is 0.379 e. The van der Waals surface area contributed by atoms with Crippen LogP contribution in [-0.4, -0.2) is 53.4 Å². The van der Waals surface area contributed by atoms with Crippen molar-refractivity contribution in [1.29, 1.82) is 0 Å². The molecule has 2 aromatic heterocycles. The summed E-state index contributed by atoms with van der Waals surface area (Å²) in [6.07, 6.45) is 2.53. The van der Waals surface area contributed by atoms with E-state index < -0.39 is 5.91 Å². The number of ether oxygens (including phenoxy) is 1. The summed E-state index contributed by atoms with van der Waals surface area (Å²) >= 11 is 0. The maximum Gasteiger partial charge on any atom is 0.257 e. The van der Waals surface area contributed by atoms with Crippen LogP contribution in [0.1, 0.15) is 39.4 Å². The summed E-state index contributed by atoms with van der Waals surface area (Å²) in [5.41, 5.74) is 2.31. The molecule has 1 aliphatic rings. The highest BCUT2D eigenvalue weighted by Crippen LogP contribution is 2.17. The van der Waals surface area contributed by atoms with Gasteiger partial charge in [0.2, 0.25) is 0 Å². The second-order valence-electron chi connectivity index (χ2n) is 8.41. The molecule has 34 heavy (non-hydrogen) atoms. The predicted molar refractivity (Wildman–Crippen MR) is 124 cm³/mol. The minimum Gasteiger partial charge on any atom is -0.379 e. The van der Waals surface area contributed by atoms with Gasteiger partial charge in [-0.05, 0) is 31.0 Å². The Morgan fingerprint density at radius 3 is 2.74 bits per heavy atom. The molecule has 3 aromatic rings. The molecule has 8 nitrogen and oxygen atoms in total. The van der Waals surface area contributed by atoms with Gasteiger partial charge in [-0.2, -0.15) is 0 Å². The van der Waals surface area contributed by atoms with Gasteiger partial charge >= 0.3 is 0 Å². The fourth-order valence-electron chi connectivity index (χ4n) is 4.27. The first-order valence-electron chi connectivity index (χ1n) is 11.5. The Kier molecular flexibility index (Phi) is 7.87. The van der Waals surface area contributed by atoms with Crippen molar-refractivity contribution in [2.24, 2.45) is 0 Å². The number of nitrogens with one attached hydrogen (secondary N) is 1. The van der Waals surface area contributed by atoms with Crippen LogP contribution < -0.4 is 10.7 Å². The first kappa shape index (κ1) is 23.8. The number of amides is 1. The van der Waals surface area contributed by atoms with Gasteiger partial charge in [0.15, 0.2) is 5.43 Å². The molecule has 1 aromatic carbocycles. The molecule has 1 amide bonds. The van der Waals surface area contributed by atoms with E-state index in [9.17, 15) is 14.0 Å². The van der Waals surface area contributed by atoms with E-state index in [0.717, 1.165) is 45.0 Å². The number of benzene rings is 1. The van der Waals surface area contributed by atoms with Crippen molar-refractivity contribution >= 4 is 5.91 Å². The summed E-state index contributed by atoms with van der Waals surface area (Å²) in [4.78, 5) is 28.5. The smallest absolute Gasteiger partial charge is 0.257 e. The van der Waals surface area contributed by atoms with Crippen molar-refractivity contribution in [3.05, 3.63) is 86.9 Å². The topological polar surface area (TPSA) is 89.6 Å². The molecule has 1 aliphatic heterocycles. The van der Waals surface area contributed by atoms with Crippen LogP contribution >= 0.6 is 0 Å². The lowest BCUT2D eigenvalue weighted by molar-refractivity contribution is 0.0369. The molecule has 4 rings (SSSR count). The lowest BCUT2D eigenvalue weighted by Gasteiger charge is -2.27.